The van der Waals surface area contributed by atoms with Crippen molar-refractivity contribution in [2.24, 2.45) is 0 Å². The summed E-state index contributed by atoms with van der Waals surface area (Å²) in [6, 6.07) is 4.19. The van der Waals surface area contributed by atoms with Gasteiger partial charge in [-0.15, -0.1) is 0 Å². The van der Waals surface area contributed by atoms with E-state index in [0.717, 1.165) is 24.5 Å². The van der Waals surface area contributed by atoms with Crippen molar-refractivity contribution >= 4 is 0 Å². The monoisotopic (exact) mass is 263 g/mol. The third kappa shape index (κ3) is 2.30. The number of ether oxygens (including phenoxy) is 3. The summed E-state index contributed by atoms with van der Waals surface area (Å²) in [6.45, 7) is 5.17. The lowest BCUT2D eigenvalue weighted by Crippen LogP contribution is -2.34. The van der Waals surface area contributed by atoms with Crippen molar-refractivity contribution in [1.82, 2.24) is 5.32 Å². The van der Waals surface area contributed by atoms with Crippen LogP contribution in [-0.4, -0.2) is 26.9 Å². The molecule has 0 saturated carbocycles. The number of benzene rings is 1. The van der Waals surface area contributed by atoms with Crippen LogP contribution >= 0.6 is 0 Å². The van der Waals surface area contributed by atoms with E-state index in [1.165, 1.54) is 17.5 Å². The maximum atomic E-state index is 5.71. The Kier molecular flexibility index (Phi) is 3.37. The van der Waals surface area contributed by atoms with E-state index in [0.29, 0.717) is 19.8 Å². The second-order valence-electron chi connectivity index (χ2n) is 5.45. The minimum atomic E-state index is 0.0176. The fourth-order valence-corrected chi connectivity index (χ4v) is 3.04. The van der Waals surface area contributed by atoms with Crippen molar-refractivity contribution in [3.63, 3.8) is 0 Å². The Morgan fingerprint density at radius 3 is 2.63 bits per heavy atom. The van der Waals surface area contributed by atoms with Crippen molar-refractivity contribution in [3.05, 3.63) is 23.3 Å². The molecule has 2 aliphatic rings. The molecule has 4 nitrogen and oxygen atoms in total. The van der Waals surface area contributed by atoms with Crippen molar-refractivity contribution in [3.8, 4) is 11.5 Å². The first-order valence-corrected chi connectivity index (χ1v) is 6.90. The molecule has 0 aliphatic carbocycles. The van der Waals surface area contributed by atoms with Gasteiger partial charge in [0.15, 0.2) is 11.5 Å². The average molecular weight is 263 g/mol. The van der Waals surface area contributed by atoms with Gasteiger partial charge in [0.2, 0.25) is 0 Å². The number of nitrogens with one attached hydrogen (secondary N) is 1. The third-order valence-electron chi connectivity index (χ3n) is 4.03. The van der Waals surface area contributed by atoms with Crippen LogP contribution in [0.15, 0.2) is 12.1 Å². The largest absolute Gasteiger partial charge is 0.486 e. The number of hydrogen-bond acceptors (Lipinski definition) is 4. The zero-order valence-electron chi connectivity index (χ0n) is 11.6. The maximum absolute atomic E-state index is 5.71. The minimum absolute atomic E-state index is 0.0176. The van der Waals surface area contributed by atoms with E-state index in [-0.39, 0.29) is 5.54 Å². The Labute approximate surface area is 114 Å². The molecule has 1 aromatic rings. The smallest absolute Gasteiger partial charge is 0.161 e. The first-order valence-electron chi connectivity index (χ1n) is 6.90. The standard InChI is InChI=1S/C15H21NO3/c1-15(4-3-5-16-15)12-9-14-13(18-6-7-19-14)8-11(12)10-17-2/h8-9,16H,3-7,10H2,1-2H3. The van der Waals surface area contributed by atoms with Crippen LogP contribution in [0.1, 0.15) is 30.9 Å². The zero-order valence-corrected chi connectivity index (χ0v) is 11.6. The van der Waals surface area contributed by atoms with Crippen LogP contribution in [0.5, 0.6) is 11.5 Å². The van der Waals surface area contributed by atoms with Crippen molar-refractivity contribution in [2.75, 3.05) is 26.9 Å². The summed E-state index contributed by atoms with van der Waals surface area (Å²) in [6.07, 6.45) is 2.35. The predicted molar refractivity (Wildman–Crippen MR) is 72.7 cm³/mol. The van der Waals surface area contributed by atoms with Gasteiger partial charge >= 0.3 is 0 Å². The summed E-state index contributed by atoms with van der Waals surface area (Å²) < 4.78 is 16.7. The summed E-state index contributed by atoms with van der Waals surface area (Å²) in [5, 5.41) is 3.60. The lowest BCUT2D eigenvalue weighted by atomic mass is 9.86. The van der Waals surface area contributed by atoms with Gasteiger partial charge in [0.05, 0.1) is 6.61 Å². The molecule has 1 N–H and O–H groups in total. The van der Waals surface area contributed by atoms with E-state index < -0.39 is 0 Å². The molecule has 0 bridgehead atoms. The van der Waals surface area contributed by atoms with Gasteiger partial charge in [-0.1, -0.05) is 0 Å². The average Bonchev–Trinajstić information content (AvgIpc) is 2.86. The second kappa shape index (κ2) is 5.02. The molecule has 2 aliphatic heterocycles. The predicted octanol–water partition coefficient (Wildman–Crippen LogP) is 2.20. The Hall–Kier alpha value is -1.26. The number of methoxy groups -OCH3 is 1. The van der Waals surface area contributed by atoms with Crippen molar-refractivity contribution in [2.45, 2.75) is 31.9 Å². The van der Waals surface area contributed by atoms with E-state index in [4.69, 9.17) is 14.2 Å². The Morgan fingerprint density at radius 1 is 1.26 bits per heavy atom. The number of fused-ring (bicyclic) bond motifs is 1. The van der Waals surface area contributed by atoms with Gasteiger partial charge in [-0.25, -0.2) is 0 Å². The number of rotatable bonds is 3. The van der Waals surface area contributed by atoms with Crippen LogP contribution in [0.3, 0.4) is 0 Å². The molecular formula is C15H21NO3. The molecule has 1 fully saturated rings. The van der Waals surface area contributed by atoms with Crippen LogP contribution in [-0.2, 0) is 16.9 Å². The molecule has 0 spiro atoms. The fourth-order valence-electron chi connectivity index (χ4n) is 3.04. The van der Waals surface area contributed by atoms with Gasteiger partial charge in [-0.3, -0.25) is 0 Å². The Bertz CT molecular complexity index is 467. The lowest BCUT2D eigenvalue weighted by molar-refractivity contribution is 0.165. The molecule has 0 amide bonds. The topological polar surface area (TPSA) is 39.7 Å². The van der Waals surface area contributed by atoms with Gasteiger partial charge in [0.1, 0.15) is 13.2 Å². The van der Waals surface area contributed by atoms with Gasteiger partial charge in [0.25, 0.3) is 0 Å². The highest BCUT2D eigenvalue weighted by molar-refractivity contribution is 5.50. The van der Waals surface area contributed by atoms with E-state index in [1.807, 2.05) is 0 Å². The van der Waals surface area contributed by atoms with E-state index >= 15 is 0 Å². The summed E-state index contributed by atoms with van der Waals surface area (Å²) in [5.41, 5.74) is 2.48. The van der Waals surface area contributed by atoms with Crippen LogP contribution in [0, 0.1) is 0 Å². The molecule has 4 heteroatoms. The van der Waals surface area contributed by atoms with Crippen LogP contribution in [0.2, 0.25) is 0 Å². The molecule has 104 valence electrons. The third-order valence-corrected chi connectivity index (χ3v) is 4.03. The fraction of sp³-hybridized carbons (Fsp3) is 0.600. The van der Waals surface area contributed by atoms with Gasteiger partial charge in [0, 0.05) is 12.6 Å². The molecule has 19 heavy (non-hydrogen) atoms. The second-order valence-corrected chi connectivity index (χ2v) is 5.45. The minimum Gasteiger partial charge on any atom is -0.486 e. The van der Waals surface area contributed by atoms with Gasteiger partial charge in [-0.2, -0.15) is 0 Å². The molecule has 1 saturated heterocycles. The maximum Gasteiger partial charge on any atom is 0.161 e. The molecule has 1 atom stereocenters. The van der Waals surface area contributed by atoms with Crippen LogP contribution in [0.4, 0.5) is 0 Å². The van der Waals surface area contributed by atoms with Crippen molar-refractivity contribution < 1.29 is 14.2 Å². The summed E-state index contributed by atoms with van der Waals surface area (Å²) in [4.78, 5) is 0. The first-order chi connectivity index (χ1) is 9.23. The first kappa shape index (κ1) is 12.8. The van der Waals surface area contributed by atoms with Crippen LogP contribution in [0.25, 0.3) is 0 Å². The van der Waals surface area contributed by atoms with E-state index in [2.05, 4.69) is 24.4 Å². The quantitative estimate of drug-likeness (QED) is 0.907. The molecule has 1 aromatic carbocycles. The summed E-state index contributed by atoms with van der Waals surface area (Å²) in [5.74, 6) is 1.69. The van der Waals surface area contributed by atoms with Gasteiger partial charge < -0.3 is 19.5 Å². The number of hydrogen-bond donors (Lipinski definition) is 1. The van der Waals surface area contributed by atoms with Crippen molar-refractivity contribution in [1.29, 1.82) is 0 Å². The van der Waals surface area contributed by atoms with E-state index in [9.17, 15) is 0 Å². The molecule has 3 rings (SSSR count). The Morgan fingerprint density at radius 2 is 2.00 bits per heavy atom. The summed E-state index contributed by atoms with van der Waals surface area (Å²) in [7, 11) is 1.73. The molecule has 0 radical (unpaired) electrons. The highest BCUT2D eigenvalue weighted by atomic mass is 16.6. The lowest BCUT2D eigenvalue weighted by Gasteiger charge is -2.30. The molecule has 0 aromatic heterocycles. The summed E-state index contributed by atoms with van der Waals surface area (Å²) >= 11 is 0. The SMILES string of the molecule is COCc1cc2c(cc1C1(C)CCCN1)OCCO2. The van der Waals surface area contributed by atoms with Gasteiger partial charge in [-0.05, 0) is 49.6 Å². The normalized spacial score (nSPS) is 25.6. The molecule has 1 unspecified atom stereocenters. The molecule has 2 heterocycles. The Balaban J connectivity index is 2.05. The highest BCUT2D eigenvalue weighted by Crippen LogP contribution is 2.40. The molecular weight excluding hydrogens is 242 g/mol. The highest BCUT2D eigenvalue weighted by Gasteiger charge is 2.33. The van der Waals surface area contributed by atoms with E-state index in [1.54, 1.807) is 7.11 Å². The van der Waals surface area contributed by atoms with Crippen LogP contribution < -0.4 is 14.8 Å². The zero-order chi connectivity index (χ0) is 13.3.